The second-order valence-electron chi connectivity index (χ2n) is 25.7. The van der Waals surface area contributed by atoms with Crippen LogP contribution in [0.5, 0.6) is 0 Å². The molecule has 8 fully saturated rings. The smallest absolute Gasteiger partial charge is 0.315 e. The Balaban J connectivity index is 0.927. The molecule has 0 amide bonds. The minimum atomic E-state index is -1.90. The summed E-state index contributed by atoms with van der Waals surface area (Å²) in [4.78, 5) is 15.2. The largest absolute Gasteiger partial charge is 0.432 e. The molecule has 0 aromatic carbocycles. The molecule has 0 bridgehead atoms. The summed E-state index contributed by atoms with van der Waals surface area (Å²) in [5.74, 6) is -0.644. The van der Waals surface area contributed by atoms with E-state index < -0.39 is 153 Å². The summed E-state index contributed by atoms with van der Waals surface area (Å²) in [6.07, 6.45) is -21.6. The Morgan fingerprint density at radius 3 is 1.97 bits per heavy atom. The molecule has 0 spiro atoms. The van der Waals surface area contributed by atoms with E-state index in [-0.39, 0.29) is 52.6 Å². The summed E-state index contributed by atoms with van der Waals surface area (Å²) in [5.41, 5.74) is -1.52. The number of ether oxygens (including phenoxy) is 8. The van der Waals surface area contributed by atoms with Crippen molar-refractivity contribution in [3.05, 3.63) is 11.6 Å². The Morgan fingerprint density at radius 1 is 0.640 bits per heavy atom. The minimum Gasteiger partial charge on any atom is -0.432 e. The number of esters is 1. The lowest BCUT2D eigenvalue weighted by Gasteiger charge is -2.71. The molecule has 4 unspecified atom stereocenters. The Labute approximate surface area is 437 Å². The first-order chi connectivity index (χ1) is 35.1. The van der Waals surface area contributed by atoms with Crippen LogP contribution in [0.3, 0.4) is 0 Å². The van der Waals surface area contributed by atoms with Crippen LogP contribution in [0.4, 0.5) is 0 Å². The van der Waals surface area contributed by atoms with Gasteiger partial charge < -0.3 is 104 Å². The normalized spacial score (nSPS) is 54.8. The van der Waals surface area contributed by atoms with Gasteiger partial charge in [-0.1, -0.05) is 53.2 Å². The van der Waals surface area contributed by atoms with E-state index >= 15 is 4.79 Å². The summed E-state index contributed by atoms with van der Waals surface area (Å²) >= 11 is 0. The highest BCUT2D eigenvalue weighted by molar-refractivity contribution is 5.79. The molecule has 4 heterocycles. The third kappa shape index (κ3) is 9.50. The van der Waals surface area contributed by atoms with Crippen LogP contribution in [0, 0.1) is 50.2 Å². The highest BCUT2D eigenvalue weighted by Crippen LogP contribution is 2.76. The van der Waals surface area contributed by atoms with E-state index in [1.165, 1.54) is 12.5 Å². The van der Waals surface area contributed by atoms with Crippen LogP contribution in [0.15, 0.2) is 11.6 Å². The summed E-state index contributed by atoms with van der Waals surface area (Å²) in [5, 5.41) is 139. The zero-order valence-electron chi connectivity index (χ0n) is 44.2. The van der Waals surface area contributed by atoms with Crippen molar-refractivity contribution in [2.75, 3.05) is 26.4 Å². The van der Waals surface area contributed by atoms with E-state index in [1.54, 1.807) is 0 Å². The van der Waals surface area contributed by atoms with E-state index in [0.717, 1.165) is 25.7 Å². The molecule has 22 nitrogen and oxygen atoms in total. The molecule has 22 heteroatoms. The summed E-state index contributed by atoms with van der Waals surface area (Å²) < 4.78 is 47.4. The zero-order chi connectivity index (χ0) is 54.7. The molecule has 4 aliphatic heterocycles. The van der Waals surface area contributed by atoms with Crippen LogP contribution in [0.2, 0.25) is 0 Å². The second kappa shape index (κ2) is 21.1. The molecular formula is C53H86O22. The third-order valence-electron chi connectivity index (χ3n) is 21.1. The first-order valence-electron chi connectivity index (χ1n) is 27.3. The number of fused-ring (bicyclic) bond motifs is 7. The fraction of sp³-hybridized carbons (Fsp3) is 0.943. The summed E-state index contributed by atoms with van der Waals surface area (Å²) in [6, 6.07) is 0. The topological polar surface area (TPSA) is 354 Å². The van der Waals surface area contributed by atoms with Crippen LogP contribution in [0.25, 0.3) is 0 Å². The molecule has 13 N–H and O–H groups in total. The van der Waals surface area contributed by atoms with Gasteiger partial charge in [-0.3, -0.25) is 4.79 Å². The molecule has 9 rings (SSSR count). The van der Waals surface area contributed by atoms with Crippen molar-refractivity contribution >= 4 is 5.97 Å². The van der Waals surface area contributed by atoms with E-state index in [1.807, 2.05) is 6.92 Å². The van der Waals surface area contributed by atoms with E-state index in [4.69, 9.17) is 37.9 Å². The highest BCUT2D eigenvalue weighted by atomic mass is 16.8. The average Bonchev–Trinajstić information content (AvgIpc) is 3.37. The van der Waals surface area contributed by atoms with E-state index in [0.29, 0.717) is 38.5 Å². The third-order valence-corrected chi connectivity index (χ3v) is 21.1. The monoisotopic (exact) mass is 1070 g/mol. The number of aliphatic hydroxyl groups excluding tert-OH is 13. The zero-order valence-corrected chi connectivity index (χ0v) is 44.2. The van der Waals surface area contributed by atoms with Gasteiger partial charge in [-0.2, -0.15) is 0 Å². The van der Waals surface area contributed by atoms with E-state index in [9.17, 15) is 66.4 Å². The van der Waals surface area contributed by atoms with Gasteiger partial charge in [-0.15, -0.1) is 0 Å². The van der Waals surface area contributed by atoms with Gasteiger partial charge in [0.15, 0.2) is 18.9 Å². The molecule has 0 radical (unpaired) electrons. The predicted molar refractivity (Wildman–Crippen MR) is 257 cm³/mol. The summed E-state index contributed by atoms with van der Waals surface area (Å²) in [6.45, 7) is 13.2. The number of carbonyl (C=O) groups is 1. The van der Waals surface area contributed by atoms with Gasteiger partial charge in [0.1, 0.15) is 85.5 Å². The maximum Gasteiger partial charge on any atom is 0.315 e. The number of aliphatic hydroxyl groups is 13. The fourth-order valence-corrected chi connectivity index (χ4v) is 16.1. The molecule has 0 aromatic heterocycles. The molecule has 4 saturated carbocycles. The molecule has 430 valence electrons. The molecule has 4 saturated heterocycles. The van der Waals surface area contributed by atoms with Gasteiger partial charge >= 0.3 is 5.97 Å². The number of allylic oxidation sites excluding steroid dienone is 2. The average molecular weight is 1080 g/mol. The quantitative estimate of drug-likeness (QED) is 0.0643. The summed E-state index contributed by atoms with van der Waals surface area (Å²) in [7, 11) is 0. The number of hydrogen-bond acceptors (Lipinski definition) is 22. The second-order valence-corrected chi connectivity index (χ2v) is 25.7. The van der Waals surface area contributed by atoms with Gasteiger partial charge in [0, 0.05) is 5.41 Å². The van der Waals surface area contributed by atoms with Gasteiger partial charge in [0.25, 0.3) is 0 Å². The van der Waals surface area contributed by atoms with Gasteiger partial charge in [-0.25, -0.2) is 0 Å². The Kier molecular flexibility index (Phi) is 16.3. The van der Waals surface area contributed by atoms with Crippen molar-refractivity contribution in [3.63, 3.8) is 0 Å². The van der Waals surface area contributed by atoms with Crippen LogP contribution >= 0.6 is 0 Å². The maximum absolute atomic E-state index is 15.2. The van der Waals surface area contributed by atoms with Gasteiger partial charge in [-0.05, 0) is 111 Å². The van der Waals surface area contributed by atoms with Crippen molar-refractivity contribution in [2.45, 2.75) is 235 Å². The maximum atomic E-state index is 15.2. The van der Waals surface area contributed by atoms with Crippen LogP contribution in [-0.4, -0.2) is 222 Å². The fourth-order valence-electron chi connectivity index (χ4n) is 16.1. The Hall–Kier alpha value is -1.59. The molecule has 9 aliphatic rings. The van der Waals surface area contributed by atoms with Crippen molar-refractivity contribution in [1.82, 2.24) is 0 Å². The molecule has 0 aromatic rings. The van der Waals surface area contributed by atoms with Gasteiger partial charge in [0.2, 0.25) is 6.29 Å². The lowest BCUT2D eigenvalue weighted by atomic mass is 9.33. The number of rotatable bonds is 11. The van der Waals surface area contributed by atoms with Gasteiger partial charge in [0.05, 0.1) is 44.1 Å². The first kappa shape index (κ1) is 58.1. The minimum absolute atomic E-state index is 0.0275. The molecule has 5 aliphatic carbocycles. The Bertz CT molecular complexity index is 2060. The molecule has 75 heavy (non-hydrogen) atoms. The van der Waals surface area contributed by atoms with E-state index in [2.05, 4.69) is 40.7 Å². The van der Waals surface area contributed by atoms with Crippen LogP contribution in [0.1, 0.15) is 113 Å². The van der Waals surface area contributed by atoms with Crippen molar-refractivity contribution in [2.24, 2.45) is 50.2 Å². The van der Waals surface area contributed by atoms with Crippen molar-refractivity contribution < 1.29 is 109 Å². The standard InChI is InChI=1S/C53H86O22/c1-23-32(57)36(61)40(65)44(70-23)74-42-38(63)34(59)27(19-54)71-46(42)69-21-28-35(60)37(62)41(66)45(72-28)75-47(67)53-16-14-48(2,3)18-25(53)24-8-9-30-49(4)12-11-31(73-43-39(64)33(58)26(56)20-68-43)50(5,22-55)29(49)10-13-52(30,7)51(24,6)15-17-53/h8,23,25-46,54-66H,9-22H2,1-7H3/t23-,25?,26-,27-,28-,29?,30?,31?,32-,33-,34-,35-,36-,37+,38+,39+,40+,41-,42-,43+,44-,45+,46-,49+,50+,51-,52-,53+/m1/s1. The van der Waals surface area contributed by atoms with Crippen LogP contribution in [-0.2, 0) is 42.7 Å². The Morgan fingerprint density at radius 2 is 1.28 bits per heavy atom. The first-order valence-corrected chi connectivity index (χ1v) is 27.3. The lowest BCUT2D eigenvalue weighted by molar-refractivity contribution is -0.370. The van der Waals surface area contributed by atoms with Crippen molar-refractivity contribution in [3.8, 4) is 0 Å². The predicted octanol–water partition coefficient (Wildman–Crippen LogP) is -1.40. The molecular weight excluding hydrogens is 989 g/mol. The van der Waals surface area contributed by atoms with Crippen LogP contribution < -0.4 is 0 Å². The number of carbonyl (C=O) groups excluding carboxylic acids is 1. The number of hydrogen-bond donors (Lipinski definition) is 13. The molecule has 28 atom stereocenters. The van der Waals surface area contributed by atoms with Crippen molar-refractivity contribution in [1.29, 1.82) is 0 Å². The SMILES string of the molecule is C[C@H]1O[C@H](O[C@H]2[C@H](OC[C@H]3O[C@@H](OC(=O)[C@]45CCC(C)(C)CC4C4=CCC6[C@@]7(C)CCC(O[C@@H]8OC[C@@H](O)[C@@H](O)[C@@H]8O)[C@@](C)(CO)C7CC[C@@]6(C)[C@]4(C)CC5)[C@H](O)[C@@H](O)[C@@H]3O)O[C@H](CO)[C@@H](O)[C@@H]2O)[C@@H](O)[C@H](O)[C@@H]1O. The highest BCUT2D eigenvalue weighted by Gasteiger charge is 2.70. The lowest BCUT2D eigenvalue weighted by Crippen LogP contribution is -2.67.